The van der Waals surface area contributed by atoms with Gasteiger partial charge in [-0.1, -0.05) is 5.16 Å². The summed E-state index contributed by atoms with van der Waals surface area (Å²) >= 11 is 0. The maximum atomic E-state index is 11.2. The first-order valence-corrected chi connectivity index (χ1v) is 4.93. The van der Waals surface area contributed by atoms with Crippen molar-refractivity contribution in [3.8, 4) is 0 Å². The van der Waals surface area contributed by atoms with E-state index in [1.165, 1.54) is 6.92 Å². The van der Waals surface area contributed by atoms with Gasteiger partial charge in [0.2, 0.25) is 11.8 Å². The van der Waals surface area contributed by atoms with E-state index in [2.05, 4.69) is 20.8 Å². The first-order valence-electron chi connectivity index (χ1n) is 4.93. The first kappa shape index (κ1) is 10.1. The van der Waals surface area contributed by atoms with Crippen LogP contribution in [-0.2, 0) is 10.3 Å². The highest BCUT2D eigenvalue weighted by Gasteiger charge is 2.40. The molecule has 2 rings (SSSR count). The average molecular weight is 210 g/mol. The first-order chi connectivity index (χ1) is 7.12. The van der Waals surface area contributed by atoms with Crippen molar-refractivity contribution < 1.29 is 9.32 Å². The van der Waals surface area contributed by atoms with Crippen molar-refractivity contribution in [1.29, 1.82) is 0 Å². The predicted molar refractivity (Wildman–Crippen MR) is 52.0 cm³/mol. The van der Waals surface area contributed by atoms with Crippen LogP contribution in [0.3, 0.4) is 0 Å². The molecule has 82 valence electrons. The summed E-state index contributed by atoms with van der Waals surface area (Å²) in [4.78, 5) is 15.3. The lowest BCUT2D eigenvalue weighted by atomic mass is 9.97. The Morgan fingerprint density at radius 2 is 2.47 bits per heavy atom. The van der Waals surface area contributed by atoms with Crippen molar-refractivity contribution in [3.05, 3.63) is 11.7 Å². The maximum Gasteiger partial charge on any atom is 0.223 e. The molecule has 1 aromatic heterocycles. The van der Waals surface area contributed by atoms with Crippen LogP contribution in [-0.4, -0.2) is 29.1 Å². The number of amides is 1. The van der Waals surface area contributed by atoms with Crippen molar-refractivity contribution in [2.75, 3.05) is 13.1 Å². The number of nitrogens with zero attached hydrogens (tertiary/aromatic N) is 2. The zero-order valence-corrected chi connectivity index (χ0v) is 8.83. The van der Waals surface area contributed by atoms with Gasteiger partial charge < -0.3 is 15.2 Å². The number of hydrogen-bond acceptors (Lipinski definition) is 5. The topological polar surface area (TPSA) is 80.1 Å². The molecular weight excluding hydrogens is 196 g/mol. The van der Waals surface area contributed by atoms with Crippen LogP contribution in [0.25, 0.3) is 0 Å². The molecule has 1 aliphatic rings. The largest absolute Gasteiger partial charge is 0.342 e. The number of carbonyl (C=O) groups excluding carboxylic acids is 1. The number of nitrogens with one attached hydrogen (secondary N) is 2. The van der Waals surface area contributed by atoms with E-state index in [1.54, 1.807) is 6.92 Å². The van der Waals surface area contributed by atoms with Crippen molar-refractivity contribution >= 4 is 5.91 Å². The number of aromatic nitrogens is 2. The zero-order valence-electron chi connectivity index (χ0n) is 8.83. The molecule has 0 saturated carbocycles. The average Bonchev–Trinajstić information content (AvgIpc) is 2.73. The van der Waals surface area contributed by atoms with Gasteiger partial charge in [-0.15, -0.1) is 0 Å². The Hall–Kier alpha value is -1.43. The third-order valence-corrected chi connectivity index (χ3v) is 2.53. The fraction of sp³-hybridized carbons (Fsp3) is 0.667. The molecule has 1 saturated heterocycles. The quantitative estimate of drug-likeness (QED) is 0.700. The standard InChI is InChI=1S/C9H14N4O2/c1-6(14)12-9(3-4-10-5-9)8-11-7(2)15-13-8/h10H,3-5H2,1-2H3,(H,12,14). The summed E-state index contributed by atoms with van der Waals surface area (Å²) in [5.41, 5.74) is -0.496. The van der Waals surface area contributed by atoms with E-state index < -0.39 is 5.54 Å². The minimum Gasteiger partial charge on any atom is -0.342 e. The summed E-state index contributed by atoms with van der Waals surface area (Å²) in [7, 11) is 0. The van der Waals surface area contributed by atoms with Crippen LogP contribution < -0.4 is 10.6 Å². The summed E-state index contributed by atoms with van der Waals surface area (Å²) in [6.07, 6.45) is 0.783. The minimum absolute atomic E-state index is 0.0823. The molecular formula is C9H14N4O2. The van der Waals surface area contributed by atoms with E-state index in [0.717, 1.165) is 13.0 Å². The normalized spacial score (nSPS) is 25.5. The van der Waals surface area contributed by atoms with Gasteiger partial charge in [-0.2, -0.15) is 4.98 Å². The predicted octanol–water partition coefficient (Wildman–Crippen LogP) is -0.297. The SMILES string of the molecule is CC(=O)NC1(c2noc(C)n2)CCNC1. The smallest absolute Gasteiger partial charge is 0.223 e. The van der Waals surface area contributed by atoms with E-state index in [1.807, 2.05) is 0 Å². The Morgan fingerprint density at radius 1 is 1.67 bits per heavy atom. The lowest BCUT2D eigenvalue weighted by Crippen LogP contribution is -2.47. The molecule has 6 heteroatoms. The highest BCUT2D eigenvalue weighted by molar-refractivity contribution is 5.74. The van der Waals surface area contributed by atoms with Gasteiger partial charge in [-0.3, -0.25) is 4.79 Å². The Morgan fingerprint density at radius 3 is 2.93 bits per heavy atom. The highest BCUT2D eigenvalue weighted by Crippen LogP contribution is 2.25. The van der Waals surface area contributed by atoms with Gasteiger partial charge >= 0.3 is 0 Å². The van der Waals surface area contributed by atoms with Crippen LogP contribution in [0, 0.1) is 6.92 Å². The monoisotopic (exact) mass is 210 g/mol. The second-order valence-electron chi connectivity index (χ2n) is 3.83. The summed E-state index contributed by atoms with van der Waals surface area (Å²) < 4.78 is 4.94. The third-order valence-electron chi connectivity index (χ3n) is 2.53. The van der Waals surface area contributed by atoms with Crippen molar-refractivity contribution in [3.63, 3.8) is 0 Å². The lowest BCUT2D eigenvalue weighted by molar-refractivity contribution is -0.120. The molecule has 1 fully saturated rings. The fourth-order valence-electron chi connectivity index (χ4n) is 1.88. The molecule has 6 nitrogen and oxygen atoms in total. The molecule has 0 aromatic carbocycles. The second kappa shape index (κ2) is 3.62. The molecule has 0 spiro atoms. The highest BCUT2D eigenvalue weighted by atomic mass is 16.5. The van der Waals surface area contributed by atoms with Crippen LogP contribution in [0.4, 0.5) is 0 Å². The van der Waals surface area contributed by atoms with E-state index in [4.69, 9.17) is 4.52 Å². The Bertz CT molecular complexity index is 368. The van der Waals surface area contributed by atoms with Gasteiger partial charge in [-0.05, 0) is 13.0 Å². The minimum atomic E-state index is -0.496. The van der Waals surface area contributed by atoms with Gasteiger partial charge in [0.25, 0.3) is 0 Å². The molecule has 1 aliphatic heterocycles. The number of aryl methyl sites for hydroxylation is 1. The van der Waals surface area contributed by atoms with Gasteiger partial charge in [0.05, 0.1) is 0 Å². The molecule has 15 heavy (non-hydrogen) atoms. The van der Waals surface area contributed by atoms with Gasteiger partial charge in [0.1, 0.15) is 5.54 Å². The van der Waals surface area contributed by atoms with E-state index in [-0.39, 0.29) is 5.91 Å². The number of carbonyl (C=O) groups is 1. The summed E-state index contributed by atoms with van der Waals surface area (Å²) in [6.45, 7) is 4.72. The van der Waals surface area contributed by atoms with Gasteiger partial charge in [0.15, 0.2) is 5.82 Å². The molecule has 0 bridgehead atoms. The molecule has 0 radical (unpaired) electrons. The van der Waals surface area contributed by atoms with Crippen LogP contribution in [0.15, 0.2) is 4.52 Å². The molecule has 1 atom stereocenters. The number of rotatable bonds is 2. The van der Waals surface area contributed by atoms with Crippen LogP contribution in [0.5, 0.6) is 0 Å². The van der Waals surface area contributed by atoms with Crippen molar-refractivity contribution in [1.82, 2.24) is 20.8 Å². The summed E-state index contributed by atoms with van der Waals surface area (Å²) in [6, 6.07) is 0. The Labute approximate surface area is 87.4 Å². The number of hydrogen-bond donors (Lipinski definition) is 2. The van der Waals surface area contributed by atoms with Gasteiger partial charge in [0, 0.05) is 20.4 Å². The van der Waals surface area contributed by atoms with Crippen LogP contribution in [0.2, 0.25) is 0 Å². The second-order valence-corrected chi connectivity index (χ2v) is 3.83. The molecule has 1 unspecified atom stereocenters. The third kappa shape index (κ3) is 1.85. The van der Waals surface area contributed by atoms with E-state index in [9.17, 15) is 4.79 Å². The fourth-order valence-corrected chi connectivity index (χ4v) is 1.88. The van der Waals surface area contributed by atoms with Crippen molar-refractivity contribution in [2.24, 2.45) is 0 Å². The lowest BCUT2D eigenvalue weighted by Gasteiger charge is -2.24. The molecule has 1 amide bonds. The zero-order chi connectivity index (χ0) is 10.9. The molecule has 2 N–H and O–H groups in total. The van der Waals surface area contributed by atoms with Gasteiger partial charge in [-0.25, -0.2) is 0 Å². The molecule has 1 aromatic rings. The summed E-state index contributed by atoms with van der Waals surface area (Å²) in [5, 5.41) is 9.97. The van der Waals surface area contributed by atoms with E-state index in [0.29, 0.717) is 18.3 Å². The molecule has 0 aliphatic carbocycles. The maximum absolute atomic E-state index is 11.2. The molecule has 2 heterocycles. The summed E-state index contributed by atoms with van der Waals surface area (Å²) in [5.74, 6) is 0.989. The van der Waals surface area contributed by atoms with Crippen molar-refractivity contribution in [2.45, 2.75) is 25.8 Å². The Balaban J connectivity index is 2.29. The Kier molecular flexibility index (Phi) is 2.44. The van der Waals surface area contributed by atoms with E-state index >= 15 is 0 Å². The van der Waals surface area contributed by atoms with Crippen LogP contribution >= 0.6 is 0 Å². The van der Waals surface area contributed by atoms with Crippen LogP contribution in [0.1, 0.15) is 25.1 Å².